The number of rotatable bonds is 9. The molecule has 0 amide bonds. The zero-order valence-electron chi connectivity index (χ0n) is 19.9. The predicted molar refractivity (Wildman–Crippen MR) is 125 cm³/mol. The fraction of sp³-hybridized carbons (Fsp3) is 0.417. The third-order valence-corrected chi connectivity index (χ3v) is 5.64. The molecule has 36 heavy (non-hydrogen) atoms. The van der Waals surface area contributed by atoms with Gasteiger partial charge in [-0.2, -0.15) is 13.2 Å². The number of nitrogens with one attached hydrogen (secondary N) is 1. The number of fused-ring (bicyclic) bond motifs is 1. The summed E-state index contributed by atoms with van der Waals surface area (Å²) < 4.78 is 76.6. The molecule has 8 nitrogen and oxygen atoms in total. The van der Waals surface area contributed by atoms with Gasteiger partial charge in [0.25, 0.3) is 0 Å². The van der Waals surface area contributed by atoms with Gasteiger partial charge in [0.15, 0.2) is 11.5 Å². The van der Waals surface area contributed by atoms with Crippen LogP contribution in [0.2, 0.25) is 0 Å². The van der Waals surface area contributed by atoms with Crippen molar-refractivity contribution in [3.05, 3.63) is 47.0 Å². The number of aryl methyl sites for hydroxylation is 1. The van der Waals surface area contributed by atoms with Crippen LogP contribution in [0.3, 0.4) is 0 Å². The standard InChI is InChI=1S/C24H26F4N4O4/c1-12(16-6-14(29)7-18(22(16)25)24(26,27)28)30-23-17-8-21(36-5-4-35-15-10-34-11-15)20(33-3)9-19(17)31-13(2)32-23/h6-9,12,15H,4-5,10-11,29H2,1-3H3,(H,30,31,32)/t12-/m1/s1. The number of anilines is 2. The first kappa shape index (κ1) is 25.7. The average molecular weight is 510 g/mol. The SMILES string of the molecule is COc1cc2nc(C)nc(N[C@H](C)c3cc(N)cc(C(F)(F)F)c3F)c2cc1OCCOC1COC1. The lowest BCUT2D eigenvalue weighted by Gasteiger charge is -2.26. The van der Waals surface area contributed by atoms with E-state index in [1.165, 1.54) is 20.1 Å². The lowest BCUT2D eigenvalue weighted by atomic mass is 10.0. The number of methoxy groups -OCH3 is 1. The Morgan fingerprint density at radius 1 is 1.14 bits per heavy atom. The molecule has 1 atom stereocenters. The van der Waals surface area contributed by atoms with Gasteiger partial charge in [0, 0.05) is 22.7 Å². The van der Waals surface area contributed by atoms with Crippen LogP contribution in [0.25, 0.3) is 10.9 Å². The summed E-state index contributed by atoms with van der Waals surface area (Å²) in [6.45, 7) is 4.89. The minimum absolute atomic E-state index is 0.0612. The van der Waals surface area contributed by atoms with E-state index in [0.717, 1.165) is 0 Å². The van der Waals surface area contributed by atoms with Crippen molar-refractivity contribution in [1.82, 2.24) is 9.97 Å². The maximum Gasteiger partial charge on any atom is 0.419 e. The molecule has 3 N–H and O–H groups in total. The Morgan fingerprint density at radius 3 is 2.53 bits per heavy atom. The number of nitrogen functional groups attached to an aromatic ring is 1. The maximum absolute atomic E-state index is 14.8. The summed E-state index contributed by atoms with van der Waals surface area (Å²) in [5.41, 5.74) is 4.28. The number of aromatic nitrogens is 2. The highest BCUT2D eigenvalue weighted by molar-refractivity contribution is 5.92. The third-order valence-electron chi connectivity index (χ3n) is 5.64. The monoisotopic (exact) mass is 510 g/mol. The van der Waals surface area contributed by atoms with Crippen LogP contribution >= 0.6 is 0 Å². The molecular weight excluding hydrogens is 484 g/mol. The molecule has 1 aliphatic rings. The van der Waals surface area contributed by atoms with E-state index in [1.807, 2.05) is 0 Å². The van der Waals surface area contributed by atoms with Gasteiger partial charge in [-0.1, -0.05) is 0 Å². The second-order valence-electron chi connectivity index (χ2n) is 8.35. The summed E-state index contributed by atoms with van der Waals surface area (Å²) in [6, 6.07) is 4.16. The zero-order valence-corrected chi connectivity index (χ0v) is 19.9. The number of nitrogens with zero attached hydrogens (tertiary/aromatic N) is 2. The van der Waals surface area contributed by atoms with Gasteiger partial charge in [-0.05, 0) is 32.0 Å². The van der Waals surface area contributed by atoms with Gasteiger partial charge in [0.2, 0.25) is 0 Å². The summed E-state index contributed by atoms with van der Waals surface area (Å²) in [7, 11) is 1.49. The molecule has 4 rings (SSSR count). The van der Waals surface area contributed by atoms with Gasteiger partial charge in [0.05, 0.1) is 44.1 Å². The van der Waals surface area contributed by atoms with Gasteiger partial charge in [0.1, 0.15) is 30.2 Å². The van der Waals surface area contributed by atoms with Gasteiger partial charge in [-0.3, -0.25) is 0 Å². The molecule has 0 bridgehead atoms. The van der Waals surface area contributed by atoms with Crippen LogP contribution in [0.4, 0.5) is 29.1 Å². The summed E-state index contributed by atoms with van der Waals surface area (Å²) in [5, 5.41) is 3.51. The van der Waals surface area contributed by atoms with E-state index in [-0.39, 0.29) is 29.8 Å². The lowest BCUT2D eigenvalue weighted by Crippen LogP contribution is -2.37. The van der Waals surface area contributed by atoms with Crippen molar-refractivity contribution in [1.29, 1.82) is 0 Å². The van der Waals surface area contributed by atoms with E-state index in [9.17, 15) is 17.6 Å². The molecule has 1 fully saturated rings. The van der Waals surface area contributed by atoms with E-state index in [0.29, 0.717) is 54.1 Å². The molecule has 194 valence electrons. The maximum atomic E-state index is 14.8. The lowest BCUT2D eigenvalue weighted by molar-refractivity contribution is -0.140. The van der Waals surface area contributed by atoms with Crippen molar-refractivity contribution < 1.29 is 36.5 Å². The summed E-state index contributed by atoms with van der Waals surface area (Å²) in [4.78, 5) is 8.81. The minimum Gasteiger partial charge on any atom is -0.493 e. The second-order valence-corrected chi connectivity index (χ2v) is 8.35. The Morgan fingerprint density at radius 2 is 1.89 bits per heavy atom. The molecule has 0 unspecified atom stereocenters. The van der Waals surface area contributed by atoms with Gasteiger partial charge >= 0.3 is 6.18 Å². The van der Waals surface area contributed by atoms with E-state index in [2.05, 4.69) is 15.3 Å². The molecule has 0 spiro atoms. The predicted octanol–water partition coefficient (Wildman–Crippen LogP) is 4.65. The molecule has 0 aliphatic carbocycles. The van der Waals surface area contributed by atoms with Crippen LogP contribution in [0, 0.1) is 12.7 Å². The van der Waals surface area contributed by atoms with Crippen LogP contribution < -0.4 is 20.5 Å². The highest BCUT2D eigenvalue weighted by atomic mass is 19.4. The number of halogens is 4. The van der Waals surface area contributed by atoms with Crippen molar-refractivity contribution in [2.24, 2.45) is 0 Å². The molecule has 1 aromatic heterocycles. The molecule has 2 aromatic carbocycles. The van der Waals surface area contributed by atoms with Gasteiger partial charge in [-0.15, -0.1) is 0 Å². The van der Waals surface area contributed by atoms with Crippen LogP contribution in [-0.4, -0.2) is 49.6 Å². The number of hydrogen-bond acceptors (Lipinski definition) is 8. The topological polar surface area (TPSA) is 101 Å². The van der Waals surface area contributed by atoms with Crippen LogP contribution in [0.15, 0.2) is 24.3 Å². The highest BCUT2D eigenvalue weighted by Crippen LogP contribution is 2.38. The highest BCUT2D eigenvalue weighted by Gasteiger charge is 2.36. The van der Waals surface area contributed by atoms with Crippen molar-refractivity contribution in [2.45, 2.75) is 32.2 Å². The average Bonchev–Trinajstić information content (AvgIpc) is 2.77. The van der Waals surface area contributed by atoms with E-state index >= 15 is 0 Å². The Hall–Kier alpha value is -3.38. The summed E-state index contributed by atoms with van der Waals surface area (Å²) in [5.74, 6) is 0.123. The molecule has 12 heteroatoms. The van der Waals surface area contributed by atoms with Gasteiger partial charge in [-0.25, -0.2) is 14.4 Å². The fourth-order valence-corrected chi connectivity index (χ4v) is 3.79. The number of benzene rings is 2. The Kier molecular flexibility index (Phi) is 7.36. The van der Waals surface area contributed by atoms with E-state index in [1.54, 1.807) is 19.1 Å². The van der Waals surface area contributed by atoms with Crippen molar-refractivity contribution in [3.8, 4) is 11.5 Å². The summed E-state index contributed by atoms with van der Waals surface area (Å²) >= 11 is 0. The molecule has 1 aliphatic heterocycles. The van der Waals surface area contributed by atoms with E-state index in [4.69, 9.17) is 24.7 Å². The van der Waals surface area contributed by atoms with Crippen molar-refractivity contribution in [3.63, 3.8) is 0 Å². The number of hydrogen-bond donors (Lipinski definition) is 2. The van der Waals surface area contributed by atoms with Crippen LogP contribution in [0.1, 0.15) is 29.9 Å². The second kappa shape index (κ2) is 10.3. The van der Waals surface area contributed by atoms with Gasteiger partial charge < -0.3 is 30.0 Å². The quantitative estimate of drug-likeness (QED) is 0.244. The molecule has 0 radical (unpaired) electrons. The van der Waals surface area contributed by atoms with E-state index < -0.39 is 23.6 Å². The molecule has 1 saturated heterocycles. The summed E-state index contributed by atoms with van der Waals surface area (Å²) in [6.07, 6.45) is -4.82. The zero-order chi connectivity index (χ0) is 26.0. The molecule has 3 aromatic rings. The minimum atomic E-state index is -4.88. The van der Waals surface area contributed by atoms with Crippen molar-refractivity contribution in [2.75, 3.05) is 44.6 Å². The number of ether oxygens (including phenoxy) is 4. The Bertz CT molecular complexity index is 1250. The Balaban J connectivity index is 1.64. The Labute approximate surface area is 204 Å². The first-order chi connectivity index (χ1) is 17.1. The first-order valence-corrected chi connectivity index (χ1v) is 11.2. The number of alkyl halides is 3. The van der Waals surface area contributed by atoms with Crippen LogP contribution in [-0.2, 0) is 15.7 Å². The molecular formula is C24H26F4N4O4. The van der Waals surface area contributed by atoms with Crippen LogP contribution in [0.5, 0.6) is 11.5 Å². The number of nitrogens with two attached hydrogens (primary N) is 1. The third kappa shape index (κ3) is 5.54. The largest absolute Gasteiger partial charge is 0.493 e. The smallest absolute Gasteiger partial charge is 0.419 e. The first-order valence-electron chi connectivity index (χ1n) is 11.2. The fourth-order valence-electron chi connectivity index (χ4n) is 3.79. The molecule has 2 heterocycles. The normalized spacial score (nSPS) is 15.0. The molecule has 0 saturated carbocycles. The van der Waals surface area contributed by atoms with Crippen molar-refractivity contribution >= 4 is 22.4 Å².